The third kappa shape index (κ3) is 7.68. The van der Waals surface area contributed by atoms with Crippen molar-refractivity contribution in [2.45, 2.75) is 65.7 Å². The normalized spacial score (nSPS) is 32.1. The van der Waals surface area contributed by atoms with E-state index in [-0.39, 0.29) is 31.3 Å². The van der Waals surface area contributed by atoms with Gasteiger partial charge in [0.15, 0.2) is 0 Å². The number of ether oxygens (including phenoxy) is 1. The van der Waals surface area contributed by atoms with Gasteiger partial charge in [0, 0.05) is 22.2 Å². The first-order valence-corrected chi connectivity index (χ1v) is 12.5. The van der Waals surface area contributed by atoms with Crippen LogP contribution in [-0.4, -0.2) is 58.4 Å². The number of carbonyl (C=O) groups excluding carboxylic acids is 2. The molecule has 3 N–H and O–H groups in total. The Balaban J connectivity index is 2.33. The lowest BCUT2D eigenvalue weighted by molar-refractivity contribution is -0.143. The van der Waals surface area contributed by atoms with Crippen LogP contribution in [0.15, 0.2) is 22.3 Å². The van der Waals surface area contributed by atoms with E-state index in [1.165, 1.54) is 31.3 Å². The number of hydrogen-bond donors (Lipinski definition) is 3. The van der Waals surface area contributed by atoms with Gasteiger partial charge in [-0.3, -0.25) is 9.59 Å². The minimum atomic E-state index is -1.33. The van der Waals surface area contributed by atoms with Crippen molar-refractivity contribution in [1.82, 2.24) is 10.3 Å². The molecule has 0 saturated heterocycles. The predicted molar refractivity (Wildman–Crippen MR) is 131 cm³/mol. The van der Waals surface area contributed by atoms with Gasteiger partial charge in [0.05, 0.1) is 54.0 Å². The average molecular weight is 517 g/mol. The molecule has 1 aliphatic heterocycles. The van der Waals surface area contributed by atoms with Crippen molar-refractivity contribution >= 4 is 40.7 Å². The highest BCUT2D eigenvalue weighted by molar-refractivity contribution is 7.09. The van der Waals surface area contributed by atoms with Gasteiger partial charge in [-0.05, 0) is 19.4 Å². The molecule has 0 radical (unpaired) electrons. The van der Waals surface area contributed by atoms with Crippen LogP contribution < -0.4 is 5.32 Å². The zero-order valence-electron chi connectivity index (χ0n) is 20.2. The second-order valence-corrected chi connectivity index (χ2v) is 11.0. The summed E-state index contributed by atoms with van der Waals surface area (Å²) in [7, 11) is 0. The van der Waals surface area contributed by atoms with Gasteiger partial charge in [0.1, 0.15) is 11.6 Å². The smallest absolute Gasteiger partial charge is 0.223 e. The number of nitrogens with zero attached hydrogens (tertiary/aromatic N) is 1. The van der Waals surface area contributed by atoms with E-state index in [1.54, 1.807) is 25.3 Å². The molecule has 0 saturated carbocycles. The first-order chi connectivity index (χ1) is 15.8. The topological polar surface area (TPSA) is 109 Å². The molecule has 10 heteroatoms. The quantitative estimate of drug-likeness (QED) is 0.552. The standard InChI is InChI=1S/C24H34ClFN2O5S/c1-13-10-33-11-16(25)6-7-19(18(26)8-17-12-34-15(3)27-17)28-21(30)9-20(29)24(4,5)23(32)14(2)22(13)31/h6,8,12-14,19-20,22,29,31H,7,9-11H2,1-5H3,(H,28,30)/b16-6+,18-8-/t13-,14+,19-,20-,22-/m0/s1. The van der Waals surface area contributed by atoms with Crippen molar-refractivity contribution in [3.05, 3.63) is 33.0 Å². The second-order valence-electron chi connectivity index (χ2n) is 9.40. The van der Waals surface area contributed by atoms with Crippen LogP contribution in [0.4, 0.5) is 4.39 Å². The number of thiazole rings is 1. The highest BCUT2D eigenvalue weighted by Crippen LogP contribution is 2.31. The number of aryl methyl sites for hydroxylation is 1. The predicted octanol–water partition coefficient (Wildman–Crippen LogP) is 3.77. The Bertz CT molecular complexity index is 932. The largest absolute Gasteiger partial charge is 0.392 e. The van der Waals surface area contributed by atoms with Crippen LogP contribution in [0.25, 0.3) is 6.08 Å². The van der Waals surface area contributed by atoms with Crippen LogP contribution >= 0.6 is 22.9 Å². The van der Waals surface area contributed by atoms with Gasteiger partial charge in [-0.2, -0.15) is 0 Å². The molecule has 0 fully saturated rings. The first-order valence-electron chi connectivity index (χ1n) is 11.2. The second kappa shape index (κ2) is 12.4. The number of rotatable bonds is 2. The van der Waals surface area contributed by atoms with Gasteiger partial charge in [-0.15, -0.1) is 11.3 Å². The van der Waals surface area contributed by atoms with Crippen molar-refractivity contribution in [2.24, 2.45) is 17.3 Å². The summed E-state index contributed by atoms with van der Waals surface area (Å²) in [6.45, 7) is 8.41. The molecule has 1 aromatic heterocycles. The SMILES string of the molecule is Cc1nc(/C=C(\F)[C@@H]2C/C=C(/Cl)COC[C@H](C)[C@H](O)[C@@H](C)C(=O)C(C)(C)[C@@H](O)CC(=O)N2)cs1. The lowest BCUT2D eigenvalue weighted by Crippen LogP contribution is -2.47. The highest BCUT2D eigenvalue weighted by atomic mass is 35.5. The van der Waals surface area contributed by atoms with Crippen LogP contribution in [0.3, 0.4) is 0 Å². The van der Waals surface area contributed by atoms with E-state index in [1.807, 2.05) is 6.92 Å². The fourth-order valence-corrected chi connectivity index (χ4v) is 4.49. The zero-order chi connectivity index (χ0) is 25.6. The van der Waals surface area contributed by atoms with Gasteiger partial charge in [0.2, 0.25) is 5.91 Å². The molecule has 190 valence electrons. The van der Waals surface area contributed by atoms with Crippen LogP contribution in [-0.2, 0) is 14.3 Å². The summed E-state index contributed by atoms with van der Waals surface area (Å²) in [5, 5.41) is 26.7. The number of aromatic nitrogens is 1. The monoisotopic (exact) mass is 516 g/mol. The molecular weight excluding hydrogens is 483 g/mol. The summed E-state index contributed by atoms with van der Waals surface area (Å²) in [4.78, 5) is 30.0. The highest BCUT2D eigenvalue weighted by Gasteiger charge is 2.42. The van der Waals surface area contributed by atoms with E-state index >= 15 is 4.39 Å². The molecule has 34 heavy (non-hydrogen) atoms. The number of aliphatic hydroxyl groups is 2. The summed E-state index contributed by atoms with van der Waals surface area (Å²) in [6.07, 6.45) is 0.124. The number of halogens is 2. The molecule has 1 aliphatic rings. The van der Waals surface area contributed by atoms with Gasteiger partial charge >= 0.3 is 0 Å². The molecule has 1 amide bonds. The molecule has 2 rings (SSSR count). The number of carbonyl (C=O) groups is 2. The van der Waals surface area contributed by atoms with Gasteiger partial charge in [0.25, 0.3) is 0 Å². The number of amides is 1. The Hall–Kier alpha value is -1.65. The molecule has 0 bridgehead atoms. The van der Waals surface area contributed by atoms with E-state index < -0.39 is 47.7 Å². The first kappa shape index (κ1) is 28.6. The van der Waals surface area contributed by atoms with Crippen molar-refractivity contribution in [2.75, 3.05) is 13.2 Å². The van der Waals surface area contributed by atoms with Crippen molar-refractivity contribution in [3.8, 4) is 0 Å². The summed E-state index contributed by atoms with van der Waals surface area (Å²) in [5.74, 6) is -2.77. The van der Waals surface area contributed by atoms with Crippen molar-refractivity contribution < 1.29 is 28.9 Å². The van der Waals surface area contributed by atoms with E-state index in [2.05, 4.69) is 10.3 Å². The Morgan fingerprint density at radius 2 is 2.03 bits per heavy atom. The number of Topliss-reactive ketones (excluding diaryl/α,β-unsaturated/α-hetero) is 1. The third-order valence-corrected chi connectivity index (χ3v) is 7.20. The number of ketones is 1. The van der Waals surface area contributed by atoms with Gasteiger partial charge < -0.3 is 20.3 Å². The minimum absolute atomic E-state index is 0.0441. The van der Waals surface area contributed by atoms with E-state index in [4.69, 9.17) is 16.3 Å². The summed E-state index contributed by atoms with van der Waals surface area (Å²) in [5.41, 5.74) is -0.867. The maximum Gasteiger partial charge on any atom is 0.223 e. The summed E-state index contributed by atoms with van der Waals surface area (Å²) >= 11 is 7.60. The van der Waals surface area contributed by atoms with Gasteiger partial charge in [-0.25, -0.2) is 9.37 Å². The van der Waals surface area contributed by atoms with Crippen LogP contribution in [0.5, 0.6) is 0 Å². The molecule has 0 aromatic carbocycles. The molecule has 1 aromatic rings. The third-order valence-electron chi connectivity index (χ3n) is 6.14. The maximum absolute atomic E-state index is 15.1. The molecule has 0 aliphatic carbocycles. The molecule has 0 unspecified atom stereocenters. The average Bonchev–Trinajstić information content (AvgIpc) is 3.18. The van der Waals surface area contributed by atoms with E-state index in [0.717, 1.165) is 5.01 Å². The summed E-state index contributed by atoms with van der Waals surface area (Å²) < 4.78 is 20.7. The van der Waals surface area contributed by atoms with Crippen molar-refractivity contribution in [3.63, 3.8) is 0 Å². The minimum Gasteiger partial charge on any atom is -0.392 e. The lowest BCUT2D eigenvalue weighted by Gasteiger charge is -2.34. The zero-order valence-corrected chi connectivity index (χ0v) is 21.8. The Morgan fingerprint density at radius 3 is 2.65 bits per heavy atom. The molecule has 2 heterocycles. The Labute approximate surface area is 209 Å². The molecule has 0 spiro atoms. The molecular formula is C24H34ClFN2O5S. The van der Waals surface area contributed by atoms with Crippen LogP contribution in [0.2, 0.25) is 0 Å². The van der Waals surface area contributed by atoms with Gasteiger partial charge in [-0.1, -0.05) is 45.4 Å². The number of nitrogens with one attached hydrogen (secondary N) is 1. The fraction of sp³-hybridized carbons (Fsp3) is 0.625. The fourth-order valence-electron chi connectivity index (χ4n) is 3.76. The van der Waals surface area contributed by atoms with Crippen LogP contribution in [0, 0.1) is 24.2 Å². The number of aliphatic hydroxyl groups excluding tert-OH is 2. The molecule has 5 atom stereocenters. The Morgan fingerprint density at radius 1 is 1.35 bits per heavy atom. The molecule has 7 nitrogen and oxygen atoms in total. The maximum atomic E-state index is 15.1. The van der Waals surface area contributed by atoms with E-state index in [0.29, 0.717) is 10.7 Å². The number of hydrogen-bond acceptors (Lipinski definition) is 7. The lowest BCUT2D eigenvalue weighted by atomic mass is 9.73. The van der Waals surface area contributed by atoms with Crippen LogP contribution in [0.1, 0.15) is 51.2 Å². The van der Waals surface area contributed by atoms with Crippen molar-refractivity contribution in [1.29, 1.82) is 0 Å². The van der Waals surface area contributed by atoms with E-state index in [9.17, 15) is 19.8 Å². The summed E-state index contributed by atoms with van der Waals surface area (Å²) in [6, 6.07) is -1.04. The Kier molecular flexibility index (Phi) is 10.4.